The Morgan fingerprint density at radius 2 is 1.88 bits per heavy atom. The summed E-state index contributed by atoms with van der Waals surface area (Å²) >= 11 is 0. The first kappa shape index (κ1) is 25.5. The van der Waals surface area contributed by atoms with Crippen LogP contribution in [-0.2, 0) is 11.2 Å². The van der Waals surface area contributed by atoms with Gasteiger partial charge in [0.25, 0.3) is 0 Å². The summed E-state index contributed by atoms with van der Waals surface area (Å²) < 4.78 is 0. The van der Waals surface area contributed by atoms with Gasteiger partial charge in [0.05, 0.1) is 0 Å². The number of allylic oxidation sites excluding steroid dienone is 4. The summed E-state index contributed by atoms with van der Waals surface area (Å²) in [4.78, 5) is 17.0. The average Bonchev–Trinajstić information content (AvgIpc) is 2.67. The van der Waals surface area contributed by atoms with Crippen molar-refractivity contribution in [3.63, 3.8) is 0 Å². The Labute approximate surface area is 155 Å². The average molecular weight is 347 g/mol. The van der Waals surface area contributed by atoms with Crippen LogP contribution in [0.1, 0.15) is 59.6 Å². The van der Waals surface area contributed by atoms with E-state index in [4.69, 9.17) is 0 Å². The number of unbranched alkanes of at least 4 members (excludes halogenated alkanes) is 1. The molecule has 1 heterocycles. The number of pyridine rings is 1. The van der Waals surface area contributed by atoms with E-state index in [0.29, 0.717) is 5.57 Å². The molecule has 25 heavy (non-hydrogen) atoms. The molecule has 0 N–H and O–H groups in total. The van der Waals surface area contributed by atoms with Crippen LogP contribution in [0.25, 0.3) is 0 Å². The third-order valence-corrected chi connectivity index (χ3v) is 3.33. The minimum atomic E-state index is 0.695. The van der Waals surface area contributed by atoms with Gasteiger partial charge in [-0.25, -0.2) is 0 Å². The molecule has 0 amide bonds. The maximum atomic E-state index is 10.4. The Hall–Kier alpha value is -1.74. The van der Waals surface area contributed by atoms with Crippen molar-refractivity contribution in [1.29, 1.82) is 0 Å². The molecule has 0 aliphatic heterocycles. The zero-order chi connectivity index (χ0) is 19.3. The molecule has 0 saturated heterocycles. The fourth-order valence-electron chi connectivity index (χ4n) is 1.96. The normalized spacial score (nSPS) is 10.8. The van der Waals surface area contributed by atoms with E-state index in [9.17, 15) is 4.79 Å². The fraction of sp³-hybridized carbons (Fsp3) is 0.545. The number of hydrogen-bond acceptors (Lipinski definition) is 3. The van der Waals surface area contributed by atoms with Crippen LogP contribution >= 0.6 is 0 Å². The molecule has 0 atom stereocenters. The Balaban J connectivity index is 0. The summed E-state index contributed by atoms with van der Waals surface area (Å²) in [5.41, 5.74) is 1.70. The van der Waals surface area contributed by atoms with Crippen LogP contribution in [0.3, 0.4) is 0 Å². The van der Waals surface area contributed by atoms with E-state index in [1.807, 2.05) is 51.1 Å². The Bertz CT molecular complexity index is 452. The van der Waals surface area contributed by atoms with Gasteiger partial charge in [0.2, 0.25) is 0 Å². The number of hydrogen-bond donors (Lipinski definition) is 0. The molecule has 1 aromatic rings. The molecule has 0 aliphatic carbocycles. The van der Waals surface area contributed by atoms with Crippen molar-refractivity contribution < 1.29 is 4.79 Å². The SMILES string of the molecule is C/C=C(C=O)\C=C/Cc1ccccn1.CC.CCCCN(C)CCC. The lowest BCUT2D eigenvalue weighted by atomic mass is 10.2. The van der Waals surface area contributed by atoms with Gasteiger partial charge >= 0.3 is 0 Å². The number of rotatable bonds is 9. The molecule has 0 saturated carbocycles. The second-order valence-electron chi connectivity index (χ2n) is 5.49. The molecule has 0 fully saturated rings. The first-order chi connectivity index (χ1) is 12.2. The van der Waals surface area contributed by atoms with Crippen molar-refractivity contribution in [3.8, 4) is 0 Å². The van der Waals surface area contributed by atoms with Crippen molar-refractivity contribution in [1.82, 2.24) is 9.88 Å². The molecule has 0 spiro atoms. The zero-order valence-corrected chi connectivity index (χ0v) is 17.2. The van der Waals surface area contributed by atoms with Crippen molar-refractivity contribution in [3.05, 3.63) is 53.9 Å². The van der Waals surface area contributed by atoms with Crippen LogP contribution in [0.5, 0.6) is 0 Å². The molecule has 3 heteroatoms. The Morgan fingerprint density at radius 1 is 1.16 bits per heavy atom. The minimum Gasteiger partial charge on any atom is -0.306 e. The van der Waals surface area contributed by atoms with Gasteiger partial charge in [-0.3, -0.25) is 9.78 Å². The van der Waals surface area contributed by atoms with Gasteiger partial charge in [0.15, 0.2) is 0 Å². The lowest BCUT2D eigenvalue weighted by molar-refractivity contribution is -0.104. The number of aldehydes is 1. The highest BCUT2D eigenvalue weighted by Gasteiger charge is 1.92. The van der Waals surface area contributed by atoms with Gasteiger partial charge < -0.3 is 4.90 Å². The van der Waals surface area contributed by atoms with Crippen molar-refractivity contribution >= 4 is 6.29 Å². The maximum Gasteiger partial charge on any atom is 0.149 e. The molecular weight excluding hydrogens is 308 g/mol. The van der Waals surface area contributed by atoms with E-state index in [1.54, 1.807) is 12.3 Å². The van der Waals surface area contributed by atoms with Crippen LogP contribution in [-0.4, -0.2) is 36.3 Å². The predicted octanol–water partition coefficient (Wildman–Crippen LogP) is 5.48. The van der Waals surface area contributed by atoms with Gasteiger partial charge in [-0.2, -0.15) is 0 Å². The molecule has 0 radical (unpaired) electrons. The summed E-state index contributed by atoms with van der Waals surface area (Å²) in [6, 6.07) is 5.79. The van der Waals surface area contributed by atoms with Crippen LogP contribution < -0.4 is 0 Å². The summed E-state index contributed by atoms with van der Waals surface area (Å²) in [5.74, 6) is 0. The van der Waals surface area contributed by atoms with Crippen LogP contribution in [0.15, 0.2) is 48.2 Å². The zero-order valence-electron chi connectivity index (χ0n) is 17.2. The highest BCUT2D eigenvalue weighted by molar-refractivity contribution is 5.77. The number of nitrogens with zero attached hydrogens (tertiary/aromatic N) is 2. The summed E-state index contributed by atoms with van der Waals surface area (Å²) in [7, 11) is 2.19. The third-order valence-electron chi connectivity index (χ3n) is 3.33. The van der Waals surface area contributed by atoms with Crippen LogP contribution in [0.4, 0.5) is 0 Å². The molecule has 0 aliphatic rings. The third kappa shape index (κ3) is 16.9. The van der Waals surface area contributed by atoms with E-state index in [-0.39, 0.29) is 0 Å². The first-order valence-electron chi connectivity index (χ1n) is 9.54. The lowest BCUT2D eigenvalue weighted by Gasteiger charge is -2.13. The Morgan fingerprint density at radius 3 is 2.36 bits per heavy atom. The molecule has 3 nitrogen and oxygen atoms in total. The smallest absolute Gasteiger partial charge is 0.149 e. The number of carbonyl (C=O) groups is 1. The van der Waals surface area contributed by atoms with Crippen molar-refractivity contribution in [2.45, 2.75) is 60.3 Å². The van der Waals surface area contributed by atoms with Crippen molar-refractivity contribution in [2.24, 2.45) is 0 Å². The van der Waals surface area contributed by atoms with E-state index in [1.165, 1.54) is 32.4 Å². The van der Waals surface area contributed by atoms with E-state index in [2.05, 4.69) is 30.8 Å². The van der Waals surface area contributed by atoms with Gasteiger partial charge in [0, 0.05) is 23.9 Å². The Kier molecular flexibility index (Phi) is 20.7. The summed E-state index contributed by atoms with van der Waals surface area (Å²) in [6.45, 7) is 12.8. The molecule has 1 rings (SSSR count). The highest BCUT2D eigenvalue weighted by atomic mass is 16.1. The number of carbonyl (C=O) groups excluding carboxylic acids is 1. The van der Waals surface area contributed by atoms with Gasteiger partial charge in [0.1, 0.15) is 6.29 Å². The molecule has 142 valence electrons. The standard InChI is InChI=1S/C12H13NO.C8H19N.C2H6/c1-2-11(10-14)6-5-8-12-7-3-4-9-13-12;1-4-6-8-9(3)7-5-2;1-2/h2-7,9-10H,8H2,1H3;4-8H2,1-3H3;1-2H3/b6-5-,11-2+;;. The quantitative estimate of drug-likeness (QED) is 0.337. The van der Waals surface area contributed by atoms with Crippen molar-refractivity contribution in [2.75, 3.05) is 20.1 Å². The summed E-state index contributed by atoms with van der Waals surface area (Å²) in [5, 5.41) is 0. The molecule has 0 bridgehead atoms. The maximum absolute atomic E-state index is 10.4. The highest BCUT2D eigenvalue weighted by Crippen LogP contribution is 1.98. The van der Waals surface area contributed by atoms with E-state index < -0.39 is 0 Å². The summed E-state index contributed by atoms with van der Waals surface area (Å²) in [6.07, 6.45) is 12.8. The first-order valence-corrected chi connectivity index (χ1v) is 9.54. The molecule has 0 aromatic carbocycles. The van der Waals surface area contributed by atoms with Crippen LogP contribution in [0, 0.1) is 0 Å². The lowest BCUT2D eigenvalue weighted by Crippen LogP contribution is -2.19. The second kappa shape index (κ2) is 20.3. The minimum absolute atomic E-state index is 0.695. The molecule has 1 aromatic heterocycles. The van der Waals surface area contributed by atoms with E-state index >= 15 is 0 Å². The van der Waals surface area contributed by atoms with Gasteiger partial charge in [-0.1, -0.05) is 58.4 Å². The number of aromatic nitrogens is 1. The molecule has 0 unspecified atom stereocenters. The predicted molar refractivity (Wildman–Crippen MR) is 111 cm³/mol. The molecular formula is C22H38N2O. The van der Waals surface area contributed by atoms with E-state index in [0.717, 1.165) is 18.4 Å². The van der Waals surface area contributed by atoms with Gasteiger partial charge in [-0.15, -0.1) is 0 Å². The van der Waals surface area contributed by atoms with Gasteiger partial charge in [-0.05, 0) is 52.0 Å². The topological polar surface area (TPSA) is 33.2 Å². The largest absolute Gasteiger partial charge is 0.306 e. The second-order valence-corrected chi connectivity index (χ2v) is 5.49. The fourth-order valence-corrected chi connectivity index (χ4v) is 1.96. The van der Waals surface area contributed by atoms with Crippen LogP contribution in [0.2, 0.25) is 0 Å². The monoisotopic (exact) mass is 346 g/mol.